The minimum atomic E-state index is -2.89. The minimum absolute atomic E-state index is 0.106. The Morgan fingerprint density at radius 2 is 2.19 bits per heavy atom. The maximum Gasteiger partial charge on any atom is 0.387 e. The molecule has 0 amide bonds. The smallest absolute Gasteiger partial charge is 0.387 e. The number of carboxylic acids is 1. The van der Waals surface area contributed by atoms with Crippen LogP contribution < -0.4 is 4.74 Å². The SMILES string of the molecule is CCC1(C(=O)O)CCCN1Cc1ccccc1OC(F)F. The lowest BCUT2D eigenvalue weighted by Gasteiger charge is -2.34. The van der Waals surface area contributed by atoms with Gasteiger partial charge in [0, 0.05) is 12.1 Å². The summed E-state index contributed by atoms with van der Waals surface area (Å²) in [5.41, 5.74) is -0.323. The molecule has 1 aliphatic rings. The van der Waals surface area contributed by atoms with Crippen molar-refractivity contribution in [2.24, 2.45) is 0 Å². The number of hydrogen-bond donors (Lipinski definition) is 1. The molecule has 1 unspecified atom stereocenters. The molecule has 1 heterocycles. The summed E-state index contributed by atoms with van der Waals surface area (Å²) in [5.74, 6) is -0.746. The van der Waals surface area contributed by atoms with Crippen LogP contribution >= 0.6 is 0 Å². The number of rotatable bonds is 6. The van der Waals surface area contributed by atoms with Gasteiger partial charge in [0.05, 0.1) is 0 Å². The third-order valence-corrected chi connectivity index (χ3v) is 4.16. The molecule has 4 nitrogen and oxygen atoms in total. The van der Waals surface area contributed by atoms with Gasteiger partial charge in [-0.15, -0.1) is 0 Å². The Morgan fingerprint density at radius 1 is 1.48 bits per heavy atom. The number of para-hydroxylation sites is 1. The Kier molecular flexibility index (Phi) is 4.77. The monoisotopic (exact) mass is 299 g/mol. The van der Waals surface area contributed by atoms with Crippen molar-refractivity contribution in [3.8, 4) is 5.75 Å². The van der Waals surface area contributed by atoms with Crippen LogP contribution in [0.1, 0.15) is 31.7 Å². The molecular formula is C15H19F2NO3. The van der Waals surface area contributed by atoms with Crippen LogP contribution in [-0.2, 0) is 11.3 Å². The number of aliphatic carboxylic acids is 1. The highest BCUT2D eigenvalue weighted by Crippen LogP contribution is 2.35. The topological polar surface area (TPSA) is 49.8 Å². The van der Waals surface area contributed by atoms with Gasteiger partial charge < -0.3 is 9.84 Å². The fraction of sp³-hybridized carbons (Fsp3) is 0.533. The lowest BCUT2D eigenvalue weighted by atomic mass is 9.92. The molecule has 0 spiro atoms. The van der Waals surface area contributed by atoms with Gasteiger partial charge in [-0.05, 0) is 31.9 Å². The van der Waals surface area contributed by atoms with E-state index in [1.807, 2.05) is 11.8 Å². The highest BCUT2D eigenvalue weighted by atomic mass is 19.3. The van der Waals surface area contributed by atoms with Crippen LogP contribution in [0, 0.1) is 0 Å². The molecule has 0 aliphatic carbocycles. The number of hydrogen-bond acceptors (Lipinski definition) is 3. The van der Waals surface area contributed by atoms with E-state index in [0.29, 0.717) is 31.5 Å². The molecule has 1 N–H and O–H groups in total. The van der Waals surface area contributed by atoms with Gasteiger partial charge in [0.1, 0.15) is 11.3 Å². The van der Waals surface area contributed by atoms with Crippen molar-refractivity contribution in [2.45, 2.75) is 44.9 Å². The zero-order valence-electron chi connectivity index (χ0n) is 11.9. The zero-order valence-corrected chi connectivity index (χ0v) is 11.9. The van der Waals surface area contributed by atoms with Gasteiger partial charge in [0.2, 0.25) is 0 Å². The third-order valence-electron chi connectivity index (χ3n) is 4.16. The summed E-state index contributed by atoms with van der Waals surface area (Å²) in [6.45, 7) is -0.111. The van der Waals surface area contributed by atoms with Crippen LogP contribution in [0.25, 0.3) is 0 Å². The van der Waals surface area contributed by atoms with Crippen LogP contribution in [0.5, 0.6) is 5.75 Å². The van der Waals surface area contributed by atoms with Crippen molar-refractivity contribution in [2.75, 3.05) is 6.54 Å². The number of carboxylic acid groups (broad SMARTS) is 1. The molecule has 1 atom stereocenters. The first-order valence-corrected chi connectivity index (χ1v) is 7.01. The van der Waals surface area contributed by atoms with E-state index in [4.69, 9.17) is 0 Å². The van der Waals surface area contributed by atoms with Crippen molar-refractivity contribution in [1.29, 1.82) is 0 Å². The first-order chi connectivity index (χ1) is 9.99. The van der Waals surface area contributed by atoms with Crippen LogP contribution in [-0.4, -0.2) is 34.7 Å². The van der Waals surface area contributed by atoms with Gasteiger partial charge in [-0.3, -0.25) is 9.69 Å². The van der Waals surface area contributed by atoms with E-state index in [2.05, 4.69) is 4.74 Å². The van der Waals surface area contributed by atoms with E-state index >= 15 is 0 Å². The van der Waals surface area contributed by atoms with E-state index < -0.39 is 18.1 Å². The summed E-state index contributed by atoms with van der Waals surface area (Å²) >= 11 is 0. The Bertz CT molecular complexity index is 509. The highest BCUT2D eigenvalue weighted by Gasteiger charge is 2.46. The molecule has 0 aromatic heterocycles. The van der Waals surface area contributed by atoms with E-state index in [1.54, 1.807) is 18.2 Å². The number of carbonyl (C=O) groups is 1. The fourth-order valence-corrected chi connectivity index (χ4v) is 3.01. The summed E-state index contributed by atoms with van der Waals surface area (Å²) in [6.07, 6.45) is 1.86. The predicted octanol–water partition coefficient (Wildman–Crippen LogP) is 3.12. The molecule has 116 valence electrons. The molecule has 0 radical (unpaired) electrons. The second kappa shape index (κ2) is 6.39. The van der Waals surface area contributed by atoms with Gasteiger partial charge in [-0.1, -0.05) is 25.1 Å². The number of alkyl halides is 2. The second-order valence-electron chi connectivity index (χ2n) is 5.20. The first-order valence-electron chi connectivity index (χ1n) is 7.01. The quantitative estimate of drug-likeness (QED) is 0.877. The Balaban J connectivity index is 2.23. The van der Waals surface area contributed by atoms with E-state index in [9.17, 15) is 18.7 Å². The number of likely N-dealkylation sites (tertiary alicyclic amines) is 1. The average molecular weight is 299 g/mol. The van der Waals surface area contributed by atoms with Gasteiger partial charge in [-0.25, -0.2) is 0 Å². The molecule has 1 fully saturated rings. The van der Waals surface area contributed by atoms with Gasteiger partial charge in [0.15, 0.2) is 0 Å². The molecule has 1 aromatic rings. The summed E-state index contributed by atoms with van der Waals surface area (Å²) in [6, 6.07) is 6.53. The summed E-state index contributed by atoms with van der Waals surface area (Å²) in [7, 11) is 0. The van der Waals surface area contributed by atoms with Crippen molar-refractivity contribution >= 4 is 5.97 Å². The van der Waals surface area contributed by atoms with E-state index in [0.717, 1.165) is 6.42 Å². The summed E-state index contributed by atoms with van der Waals surface area (Å²) in [4.78, 5) is 13.5. The Morgan fingerprint density at radius 3 is 2.81 bits per heavy atom. The molecule has 1 aromatic carbocycles. The number of nitrogens with zero attached hydrogens (tertiary/aromatic N) is 1. The number of benzene rings is 1. The molecule has 1 aliphatic heterocycles. The molecular weight excluding hydrogens is 280 g/mol. The van der Waals surface area contributed by atoms with Gasteiger partial charge in [0.25, 0.3) is 0 Å². The van der Waals surface area contributed by atoms with E-state index in [-0.39, 0.29) is 5.75 Å². The Hall–Kier alpha value is -1.69. The minimum Gasteiger partial charge on any atom is -0.480 e. The molecule has 21 heavy (non-hydrogen) atoms. The summed E-state index contributed by atoms with van der Waals surface area (Å²) in [5, 5.41) is 9.53. The number of halogens is 2. The van der Waals surface area contributed by atoms with Crippen LogP contribution in [0.4, 0.5) is 8.78 Å². The van der Waals surface area contributed by atoms with Crippen LogP contribution in [0.3, 0.4) is 0 Å². The van der Waals surface area contributed by atoms with Crippen molar-refractivity contribution in [3.05, 3.63) is 29.8 Å². The highest BCUT2D eigenvalue weighted by molar-refractivity contribution is 5.79. The maximum absolute atomic E-state index is 12.4. The molecule has 6 heteroatoms. The standard InChI is InChI=1S/C15H19F2NO3/c1-2-15(13(19)20)8-5-9-18(15)10-11-6-3-4-7-12(11)21-14(16)17/h3-4,6-7,14H,2,5,8-10H2,1H3,(H,19,20). The first kappa shape index (κ1) is 15.7. The van der Waals surface area contributed by atoms with Gasteiger partial charge in [-0.2, -0.15) is 8.78 Å². The van der Waals surface area contributed by atoms with E-state index in [1.165, 1.54) is 6.07 Å². The average Bonchev–Trinajstić information content (AvgIpc) is 2.84. The Labute approximate surface area is 122 Å². The maximum atomic E-state index is 12.4. The molecule has 0 saturated carbocycles. The summed E-state index contributed by atoms with van der Waals surface area (Å²) < 4.78 is 29.4. The lowest BCUT2D eigenvalue weighted by molar-refractivity contribution is -0.150. The lowest BCUT2D eigenvalue weighted by Crippen LogP contribution is -2.49. The molecule has 2 rings (SSSR count). The second-order valence-corrected chi connectivity index (χ2v) is 5.20. The van der Waals surface area contributed by atoms with Crippen LogP contribution in [0.2, 0.25) is 0 Å². The number of ether oxygens (including phenoxy) is 1. The third kappa shape index (κ3) is 3.15. The van der Waals surface area contributed by atoms with Crippen molar-refractivity contribution < 1.29 is 23.4 Å². The van der Waals surface area contributed by atoms with Crippen molar-refractivity contribution in [3.63, 3.8) is 0 Å². The van der Waals surface area contributed by atoms with Crippen molar-refractivity contribution in [1.82, 2.24) is 4.90 Å². The normalized spacial score (nSPS) is 22.7. The molecule has 1 saturated heterocycles. The van der Waals surface area contributed by atoms with Crippen LogP contribution in [0.15, 0.2) is 24.3 Å². The molecule has 0 bridgehead atoms. The van der Waals surface area contributed by atoms with Gasteiger partial charge >= 0.3 is 12.6 Å². The largest absolute Gasteiger partial charge is 0.480 e. The fourth-order valence-electron chi connectivity index (χ4n) is 3.01. The zero-order chi connectivity index (χ0) is 15.5. The predicted molar refractivity (Wildman–Crippen MR) is 73.4 cm³/mol.